The van der Waals surface area contributed by atoms with Crippen LogP contribution in [0.4, 0.5) is 11.4 Å². The number of hydrogen-bond donors (Lipinski definition) is 1. The van der Waals surface area contributed by atoms with Crippen molar-refractivity contribution in [1.82, 2.24) is 0 Å². The Morgan fingerprint density at radius 3 is 2.62 bits per heavy atom. The van der Waals surface area contributed by atoms with Gasteiger partial charge in [0.15, 0.2) is 6.10 Å². The zero-order valence-electron chi connectivity index (χ0n) is 14.7. The number of nitrogens with one attached hydrogen (secondary N) is 1. The molecule has 0 fully saturated rings. The third kappa shape index (κ3) is 3.55. The van der Waals surface area contributed by atoms with E-state index in [9.17, 15) is 4.79 Å². The molecule has 0 bridgehead atoms. The smallest absolute Gasteiger partial charge is 0.346 e. The van der Waals surface area contributed by atoms with Gasteiger partial charge in [-0.3, -0.25) is 10.4 Å². The predicted molar refractivity (Wildman–Crippen MR) is 103 cm³/mol. The molecule has 136 valence electrons. The summed E-state index contributed by atoms with van der Waals surface area (Å²) >= 11 is 6.32. The van der Waals surface area contributed by atoms with E-state index in [2.05, 4.69) is 15.5 Å². The molecular formula is C19H19ClN3O3-. The second-order valence-electron chi connectivity index (χ2n) is 5.66. The number of carbonyl (C=O) groups excluding carboxylic acids is 1. The van der Waals surface area contributed by atoms with E-state index >= 15 is 0 Å². The monoisotopic (exact) mass is 372 g/mol. The molecule has 1 heterocycles. The molecule has 0 saturated heterocycles. The van der Waals surface area contributed by atoms with Gasteiger partial charge in [-0.25, -0.2) is 4.79 Å². The van der Waals surface area contributed by atoms with Gasteiger partial charge in [-0.2, -0.15) is 0 Å². The highest BCUT2D eigenvalue weighted by Crippen LogP contribution is 2.38. The first-order valence-corrected chi connectivity index (χ1v) is 8.42. The van der Waals surface area contributed by atoms with Gasteiger partial charge >= 0.3 is 5.97 Å². The van der Waals surface area contributed by atoms with Crippen molar-refractivity contribution in [1.29, 1.82) is 0 Å². The number of benzene rings is 2. The molecule has 6 nitrogen and oxygen atoms in total. The summed E-state index contributed by atoms with van der Waals surface area (Å²) in [6, 6.07) is 13.0. The highest BCUT2D eigenvalue weighted by Gasteiger charge is 2.17. The van der Waals surface area contributed by atoms with Crippen molar-refractivity contribution in [3.05, 3.63) is 64.6 Å². The summed E-state index contributed by atoms with van der Waals surface area (Å²) in [5.74, 6) is 0.154. The van der Waals surface area contributed by atoms with Crippen LogP contribution in [-0.4, -0.2) is 26.2 Å². The zero-order valence-corrected chi connectivity index (χ0v) is 15.4. The van der Waals surface area contributed by atoms with Crippen LogP contribution in [-0.2, 0) is 9.53 Å². The molecule has 2 aromatic carbocycles. The quantitative estimate of drug-likeness (QED) is 0.786. The lowest BCUT2D eigenvalue weighted by Crippen LogP contribution is -2.28. The number of para-hydroxylation sites is 1. The minimum absolute atomic E-state index is 0.421. The largest absolute Gasteiger partial charge is 0.685 e. The zero-order chi connectivity index (χ0) is 18.7. The molecule has 26 heavy (non-hydrogen) atoms. The fourth-order valence-corrected chi connectivity index (χ4v) is 2.83. The first-order chi connectivity index (χ1) is 12.5. The second-order valence-corrected chi connectivity index (χ2v) is 6.07. The molecule has 1 aliphatic heterocycles. The van der Waals surface area contributed by atoms with Gasteiger partial charge in [0.1, 0.15) is 5.75 Å². The molecule has 2 aromatic rings. The van der Waals surface area contributed by atoms with Crippen LogP contribution in [0.15, 0.2) is 48.7 Å². The van der Waals surface area contributed by atoms with E-state index in [0.717, 1.165) is 22.6 Å². The molecule has 1 atom stereocenters. The Morgan fingerprint density at radius 2 is 1.96 bits per heavy atom. The van der Waals surface area contributed by atoms with E-state index < -0.39 is 12.1 Å². The van der Waals surface area contributed by atoms with Crippen LogP contribution < -0.4 is 15.2 Å². The van der Waals surface area contributed by atoms with Crippen molar-refractivity contribution in [3.8, 4) is 5.75 Å². The molecule has 0 aromatic heterocycles. The number of esters is 1. The molecule has 0 saturated carbocycles. The van der Waals surface area contributed by atoms with Gasteiger partial charge in [0, 0.05) is 6.20 Å². The molecule has 1 N–H and O–H groups in total. The lowest BCUT2D eigenvalue weighted by Gasteiger charge is -2.35. The Hall–Kier alpha value is -2.86. The van der Waals surface area contributed by atoms with E-state index in [1.165, 1.54) is 7.11 Å². The summed E-state index contributed by atoms with van der Waals surface area (Å²) < 4.78 is 10.2. The predicted octanol–water partition coefficient (Wildman–Crippen LogP) is 4.43. The summed E-state index contributed by atoms with van der Waals surface area (Å²) in [5.41, 5.74) is 6.72. The van der Waals surface area contributed by atoms with Crippen molar-refractivity contribution in [3.63, 3.8) is 0 Å². The molecular weight excluding hydrogens is 354 g/mol. The molecule has 0 spiro atoms. The summed E-state index contributed by atoms with van der Waals surface area (Å²) in [6.45, 7) is 1.64. The molecule has 1 aliphatic rings. The topological polar surface area (TPSA) is 64.9 Å². The summed E-state index contributed by atoms with van der Waals surface area (Å²) in [7, 11) is 3.07. The lowest BCUT2D eigenvalue weighted by molar-refractivity contribution is -0.147. The standard InChI is InChI=1S/C19H19ClN3O3/c1-12(19(24)25-3)26-14-9-7-13(8-10-14)23-11-17(21-2)15-5-4-6-16(20)18(15)22-23/h4-12,22H,1-3H3/q-1. The number of methoxy groups -OCH3 is 1. The molecule has 7 heteroatoms. The number of nitrogens with zero attached hydrogens (tertiary/aromatic N) is 2. The highest BCUT2D eigenvalue weighted by atomic mass is 35.5. The van der Waals surface area contributed by atoms with E-state index in [1.54, 1.807) is 26.1 Å². The van der Waals surface area contributed by atoms with Gasteiger partial charge in [-0.15, -0.1) is 12.7 Å². The maximum atomic E-state index is 11.5. The van der Waals surface area contributed by atoms with E-state index in [1.807, 2.05) is 41.5 Å². The summed E-state index contributed by atoms with van der Waals surface area (Å²) in [6.07, 6.45) is 1.22. The Kier molecular flexibility index (Phi) is 5.23. The van der Waals surface area contributed by atoms with E-state index in [4.69, 9.17) is 16.3 Å². The van der Waals surface area contributed by atoms with Gasteiger partial charge in [-0.05, 0) is 42.8 Å². The first kappa shape index (κ1) is 17.9. The fourth-order valence-electron chi connectivity index (χ4n) is 2.62. The number of anilines is 2. The maximum Gasteiger partial charge on any atom is 0.346 e. The Bertz CT molecular complexity index is 836. The number of halogens is 1. The second kappa shape index (κ2) is 7.58. The third-order valence-corrected chi connectivity index (χ3v) is 4.29. The number of hydrogen-bond acceptors (Lipinski definition) is 5. The average molecular weight is 373 g/mol. The van der Waals surface area contributed by atoms with Crippen molar-refractivity contribution >= 4 is 34.6 Å². The van der Waals surface area contributed by atoms with Gasteiger partial charge in [0.2, 0.25) is 0 Å². The van der Waals surface area contributed by atoms with Crippen molar-refractivity contribution < 1.29 is 14.3 Å². The minimum atomic E-state index is -0.671. The SMILES string of the molecule is C[N-]C1=CN(c2ccc(OC(C)C(=O)OC)cc2)Nc2c(Cl)cccc21. The van der Waals surface area contributed by atoms with Crippen LogP contribution in [0.2, 0.25) is 5.02 Å². The van der Waals surface area contributed by atoms with Crippen LogP contribution in [0, 0.1) is 0 Å². The Balaban J connectivity index is 1.82. The number of ether oxygens (including phenoxy) is 2. The molecule has 0 amide bonds. The van der Waals surface area contributed by atoms with Crippen LogP contribution in [0.1, 0.15) is 12.5 Å². The van der Waals surface area contributed by atoms with Crippen LogP contribution >= 0.6 is 11.6 Å². The average Bonchev–Trinajstić information content (AvgIpc) is 2.67. The van der Waals surface area contributed by atoms with Gasteiger partial charge in [0.25, 0.3) is 0 Å². The van der Waals surface area contributed by atoms with Crippen molar-refractivity contribution in [2.24, 2.45) is 0 Å². The van der Waals surface area contributed by atoms with Crippen LogP contribution in [0.25, 0.3) is 11.0 Å². The summed E-state index contributed by atoms with van der Waals surface area (Å²) in [4.78, 5) is 11.5. The number of rotatable bonds is 5. The molecule has 3 rings (SSSR count). The normalized spacial score (nSPS) is 13.8. The van der Waals surface area contributed by atoms with Gasteiger partial charge in [-0.1, -0.05) is 23.7 Å². The number of hydrazine groups is 1. The lowest BCUT2D eigenvalue weighted by atomic mass is 10.1. The van der Waals surface area contributed by atoms with Crippen LogP contribution in [0.3, 0.4) is 0 Å². The number of fused-ring (bicyclic) bond motifs is 1. The van der Waals surface area contributed by atoms with Gasteiger partial charge < -0.3 is 14.8 Å². The Morgan fingerprint density at radius 1 is 1.23 bits per heavy atom. The fraction of sp³-hybridized carbons (Fsp3) is 0.211. The molecule has 1 unspecified atom stereocenters. The number of carbonyl (C=O) groups is 1. The molecule has 0 aliphatic carbocycles. The summed E-state index contributed by atoms with van der Waals surface area (Å²) in [5, 5.41) is 6.79. The Labute approximate surface area is 157 Å². The van der Waals surface area contributed by atoms with Crippen LogP contribution in [0.5, 0.6) is 5.75 Å². The van der Waals surface area contributed by atoms with Crippen molar-refractivity contribution in [2.75, 3.05) is 24.6 Å². The van der Waals surface area contributed by atoms with Crippen molar-refractivity contribution in [2.45, 2.75) is 13.0 Å². The third-order valence-electron chi connectivity index (χ3n) is 3.97. The molecule has 0 radical (unpaired) electrons. The first-order valence-electron chi connectivity index (χ1n) is 8.04. The minimum Gasteiger partial charge on any atom is -0.685 e. The maximum absolute atomic E-state index is 11.5. The van der Waals surface area contributed by atoms with E-state index in [-0.39, 0.29) is 0 Å². The van der Waals surface area contributed by atoms with E-state index in [0.29, 0.717) is 10.8 Å². The van der Waals surface area contributed by atoms with Gasteiger partial charge in [0.05, 0.1) is 23.5 Å². The highest BCUT2D eigenvalue weighted by molar-refractivity contribution is 6.33.